The molecule has 13 heteroatoms. The van der Waals surface area contributed by atoms with Crippen molar-refractivity contribution in [3.05, 3.63) is 58.6 Å². The summed E-state index contributed by atoms with van der Waals surface area (Å²) in [5.74, 6) is -1.61. The van der Waals surface area contributed by atoms with Gasteiger partial charge in [-0.25, -0.2) is 8.42 Å². The molecule has 2 rings (SSSR count). The van der Waals surface area contributed by atoms with Gasteiger partial charge in [-0.3, -0.25) is 19.7 Å². The van der Waals surface area contributed by atoms with Gasteiger partial charge in [-0.05, 0) is 24.3 Å². The number of nitro benzene ring substituents is 1. The molecule has 0 aliphatic carbocycles. The molecule has 12 nitrogen and oxygen atoms in total. The van der Waals surface area contributed by atoms with E-state index in [1.54, 1.807) is 44.4 Å². The standard InChI is InChI=1S/C21H23N5O7S/c1-24(2)18-10-9-17(13-19(18)26(29)30)34(31,32)23-14-21(28)33-15-20(27)25(12-6-11-22)16-7-4-3-5-8-16/h3-5,7-10,13,23H,6,12,14-15H2,1-2H3. The zero-order valence-corrected chi connectivity index (χ0v) is 19.3. The van der Waals surface area contributed by atoms with Crippen LogP contribution in [0.1, 0.15) is 6.42 Å². The second kappa shape index (κ2) is 11.7. The predicted octanol–water partition coefficient (Wildman–Crippen LogP) is 1.43. The highest BCUT2D eigenvalue weighted by Crippen LogP contribution is 2.29. The van der Waals surface area contributed by atoms with Crippen molar-refractivity contribution in [2.45, 2.75) is 11.3 Å². The summed E-state index contributed by atoms with van der Waals surface area (Å²) >= 11 is 0. The minimum Gasteiger partial charge on any atom is -0.455 e. The maximum atomic E-state index is 12.5. The number of rotatable bonds is 11. The fourth-order valence-corrected chi connectivity index (χ4v) is 3.86. The molecule has 0 fully saturated rings. The van der Waals surface area contributed by atoms with Crippen LogP contribution in [-0.4, -0.2) is 59.0 Å². The third-order valence-corrected chi connectivity index (χ3v) is 5.91. The van der Waals surface area contributed by atoms with Gasteiger partial charge in [0.05, 0.1) is 22.3 Å². The molecule has 1 N–H and O–H groups in total. The molecular formula is C21H23N5O7S. The molecule has 0 radical (unpaired) electrons. The van der Waals surface area contributed by atoms with E-state index in [0.29, 0.717) is 5.69 Å². The monoisotopic (exact) mass is 489 g/mol. The topological polar surface area (TPSA) is 163 Å². The summed E-state index contributed by atoms with van der Waals surface area (Å²) in [6.07, 6.45) is 0.0626. The normalized spacial score (nSPS) is 10.7. The maximum Gasteiger partial charge on any atom is 0.321 e. The van der Waals surface area contributed by atoms with Crippen molar-refractivity contribution in [2.24, 2.45) is 0 Å². The highest BCUT2D eigenvalue weighted by molar-refractivity contribution is 7.89. The quantitative estimate of drug-likeness (QED) is 0.279. The van der Waals surface area contributed by atoms with Crippen molar-refractivity contribution in [2.75, 3.05) is 43.6 Å². The van der Waals surface area contributed by atoms with Gasteiger partial charge in [0, 0.05) is 32.4 Å². The molecule has 2 aromatic carbocycles. The van der Waals surface area contributed by atoms with E-state index >= 15 is 0 Å². The summed E-state index contributed by atoms with van der Waals surface area (Å²) in [6, 6.07) is 13.8. The van der Waals surface area contributed by atoms with Crippen LogP contribution in [0.2, 0.25) is 0 Å². The first-order valence-electron chi connectivity index (χ1n) is 9.90. The Bertz CT molecular complexity index is 1190. The number of nitrogens with one attached hydrogen (secondary N) is 1. The SMILES string of the molecule is CN(C)c1ccc(S(=O)(=O)NCC(=O)OCC(=O)N(CCC#N)c2ccccc2)cc1[N+](=O)[O-]. The highest BCUT2D eigenvalue weighted by Gasteiger charge is 2.24. The van der Waals surface area contributed by atoms with Crippen molar-refractivity contribution >= 4 is 39.0 Å². The van der Waals surface area contributed by atoms with Crippen LogP contribution >= 0.6 is 0 Å². The first-order valence-corrected chi connectivity index (χ1v) is 11.4. The van der Waals surface area contributed by atoms with Gasteiger partial charge in [-0.1, -0.05) is 18.2 Å². The van der Waals surface area contributed by atoms with Crippen molar-refractivity contribution in [1.82, 2.24) is 4.72 Å². The number of nitriles is 1. The van der Waals surface area contributed by atoms with Crippen LogP contribution in [0.25, 0.3) is 0 Å². The maximum absolute atomic E-state index is 12.5. The number of benzene rings is 2. The van der Waals surface area contributed by atoms with Crippen molar-refractivity contribution < 1.29 is 27.7 Å². The van der Waals surface area contributed by atoms with Crippen molar-refractivity contribution in [3.8, 4) is 6.07 Å². The van der Waals surface area contributed by atoms with Crippen LogP contribution < -0.4 is 14.5 Å². The summed E-state index contributed by atoms with van der Waals surface area (Å²) in [6.45, 7) is -1.36. The zero-order chi connectivity index (χ0) is 25.3. The summed E-state index contributed by atoms with van der Waals surface area (Å²) in [5.41, 5.74) is 0.308. The largest absolute Gasteiger partial charge is 0.455 e. The number of hydrogen-bond donors (Lipinski definition) is 1. The number of carbonyl (C=O) groups excluding carboxylic acids is 2. The molecule has 0 unspecified atom stereocenters. The van der Waals surface area contributed by atoms with Gasteiger partial charge in [0.2, 0.25) is 10.0 Å². The lowest BCUT2D eigenvalue weighted by molar-refractivity contribution is -0.384. The lowest BCUT2D eigenvalue weighted by Gasteiger charge is -2.21. The van der Waals surface area contributed by atoms with E-state index in [0.717, 1.165) is 6.07 Å². The average Bonchev–Trinajstić information content (AvgIpc) is 2.81. The number of sulfonamides is 1. The number of nitrogens with zero attached hydrogens (tertiary/aromatic N) is 4. The van der Waals surface area contributed by atoms with E-state index < -0.39 is 50.6 Å². The van der Waals surface area contributed by atoms with E-state index in [1.807, 2.05) is 10.8 Å². The second-order valence-corrected chi connectivity index (χ2v) is 8.84. The van der Waals surface area contributed by atoms with Crippen LogP contribution in [-0.2, 0) is 24.3 Å². The molecule has 34 heavy (non-hydrogen) atoms. The number of para-hydroxylation sites is 1. The average molecular weight is 490 g/mol. The van der Waals surface area contributed by atoms with E-state index in [9.17, 15) is 28.1 Å². The van der Waals surface area contributed by atoms with Crippen LogP contribution in [0.3, 0.4) is 0 Å². The van der Waals surface area contributed by atoms with Crippen molar-refractivity contribution in [3.63, 3.8) is 0 Å². The fourth-order valence-electron chi connectivity index (χ4n) is 2.87. The Morgan fingerprint density at radius 1 is 1.18 bits per heavy atom. The van der Waals surface area contributed by atoms with Gasteiger partial charge in [-0.15, -0.1) is 0 Å². The van der Waals surface area contributed by atoms with E-state index in [2.05, 4.69) is 0 Å². The summed E-state index contributed by atoms with van der Waals surface area (Å²) in [5, 5.41) is 20.1. The molecule has 0 spiro atoms. The molecule has 0 aliphatic heterocycles. The van der Waals surface area contributed by atoms with Gasteiger partial charge >= 0.3 is 5.97 Å². The smallest absolute Gasteiger partial charge is 0.321 e. The Morgan fingerprint density at radius 3 is 2.44 bits per heavy atom. The Kier molecular flexibility index (Phi) is 9.05. The second-order valence-electron chi connectivity index (χ2n) is 7.08. The van der Waals surface area contributed by atoms with Crippen molar-refractivity contribution in [1.29, 1.82) is 5.26 Å². The summed E-state index contributed by atoms with van der Waals surface area (Å²) in [4.78, 5) is 37.4. The molecule has 0 bridgehead atoms. The molecule has 0 atom stereocenters. The molecule has 0 heterocycles. The van der Waals surface area contributed by atoms with E-state index in [4.69, 9.17) is 10.00 Å². The van der Waals surface area contributed by atoms with Gasteiger partial charge in [-0.2, -0.15) is 9.98 Å². The van der Waals surface area contributed by atoms with E-state index in [-0.39, 0.29) is 18.7 Å². The third kappa shape index (κ3) is 6.99. The molecule has 1 amide bonds. The van der Waals surface area contributed by atoms with Gasteiger partial charge in [0.25, 0.3) is 11.6 Å². The molecule has 180 valence electrons. The molecule has 0 saturated heterocycles. The Hall–Kier alpha value is -4.02. The van der Waals surface area contributed by atoms with Crippen LogP contribution in [0.4, 0.5) is 17.1 Å². The van der Waals surface area contributed by atoms with Gasteiger partial charge < -0.3 is 14.5 Å². The Balaban J connectivity index is 2.01. The number of anilines is 2. The molecule has 0 saturated carbocycles. The van der Waals surface area contributed by atoms with Gasteiger partial charge in [0.1, 0.15) is 12.2 Å². The molecule has 0 aromatic heterocycles. The minimum atomic E-state index is -4.27. The number of amides is 1. The van der Waals surface area contributed by atoms with Crippen LogP contribution in [0.15, 0.2) is 53.4 Å². The molecular weight excluding hydrogens is 466 g/mol. The number of esters is 1. The third-order valence-electron chi connectivity index (χ3n) is 4.51. The molecule has 2 aromatic rings. The van der Waals surface area contributed by atoms with E-state index in [1.165, 1.54) is 21.9 Å². The lowest BCUT2D eigenvalue weighted by atomic mass is 10.2. The number of carbonyl (C=O) groups is 2. The number of hydrogen-bond acceptors (Lipinski definition) is 9. The van der Waals surface area contributed by atoms with Crippen LogP contribution in [0.5, 0.6) is 0 Å². The summed E-state index contributed by atoms with van der Waals surface area (Å²) < 4.78 is 31.8. The number of ether oxygens (including phenoxy) is 1. The number of nitro groups is 1. The Morgan fingerprint density at radius 2 is 1.85 bits per heavy atom. The minimum absolute atomic E-state index is 0.0626. The zero-order valence-electron chi connectivity index (χ0n) is 18.5. The predicted molar refractivity (Wildman–Crippen MR) is 123 cm³/mol. The summed E-state index contributed by atoms with van der Waals surface area (Å²) in [7, 11) is -1.12. The first-order chi connectivity index (χ1) is 16.1. The first kappa shape index (κ1) is 26.2. The van der Waals surface area contributed by atoms with Crippen LogP contribution in [0, 0.1) is 21.4 Å². The lowest BCUT2D eigenvalue weighted by Crippen LogP contribution is -2.37. The fraction of sp³-hybridized carbons (Fsp3) is 0.286. The molecule has 0 aliphatic rings. The van der Waals surface area contributed by atoms with Gasteiger partial charge in [0.15, 0.2) is 6.61 Å². The Labute approximate surface area is 196 Å². The highest BCUT2D eigenvalue weighted by atomic mass is 32.2.